The zero-order valence-corrected chi connectivity index (χ0v) is 41.4. The van der Waals surface area contributed by atoms with Crippen molar-refractivity contribution in [1.29, 1.82) is 0 Å². The topological polar surface area (TPSA) is 133 Å². The van der Waals surface area contributed by atoms with E-state index in [1.54, 1.807) is 47.8 Å². The molecule has 5 aromatic carbocycles. The third-order valence-corrected chi connectivity index (χ3v) is 13.2. The molecule has 3 atom stereocenters. The van der Waals surface area contributed by atoms with Crippen LogP contribution in [-0.2, 0) is 28.2 Å². The Morgan fingerprint density at radius 1 is 0.882 bits per heavy atom. The molecule has 2 fully saturated rings. The molecule has 0 spiro atoms. The summed E-state index contributed by atoms with van der Waals surface area (Å²) in [5, 5.41) is 12.2. The lowest BCUT2D eigenvalue weighted by molar-refractivity contribution is -0.721. The summed E-state index contributed by atoms with van der Waals surface area (Å²) >= 11 is 13.3. The number of benzene rings is 5. The number of nitrogens with zero attached hydrogens (tertiary/aromatic N) is 7. The molecule has 2 aromatic heterocycles. The number of rotatable bonds is 15. The van der Waals surface area contributed by atoms with Crippen molar-refractivity contribution >= 4 is 40.5 Å². The van der Waals surface area contributed by atoms with Gasteiger partial charge in [-0.1, -0.05) is 66.5 Å². The number of esters is 1. The number of carbonyl (C=O) groups excluding carboxylic acids is 1. The number of hydrogen-bond acceptors (Lipinski definition) is 10. The first-order chi connectivity index (χ1) is 32.4. The Labute approximate surface area is 415 Å². The minimum atomic E-state index is -1.33. The molecule has 2 aliphatic rings. The smallest absolute Gasteiger partial charge is 0.350 e. The van der Waals surface area contributed by atoms with Gasteiger partial charge in [0, 0.05) is 59.7 Å². The molecule has 17 heteroatoms. The number of hydrogen-bond donors (Lipinski definition) is 1. The van der Waals surface area contributed by atoms with Gasteiger partial charge in [-0.2, -0.15) is 5.10 Å². The summed E-state index contributed by atoms with van der Waals surface area (Å²) in [6.07, 6.45) is 6.21. The van der Waals surface area contributed by atoms with Gasteiger partial charge in [-0.3, -0.25) is 0 Å². The second-order valence-electron chi connectivity index (χ2n) is 17.4. The van der Waals surface area contributed by atoms with E-state index in [-0.39, 0.29) is 48.5 Å². The van der Waals surface area contributed by atoms with Gasteiger partial charge < -0.3 is 45.7 Å². The maximum atomic E-state index is 13.1. The van der Waals surface area contributed by atoms with Crippen molar-refractivity contribution in [3.63, 3.8) is 0 Å². The van der Waals surface area contributed by atoms with E-state index in [2.05, 4.69) is 49.4 Å². The lowest BCUT2D eigenvalue weighted by atomic mass is 9.93. The van der Waals surface area contributed by atoms with Crippen molar-refractivity contribution in [2.45, 2.75) is 64.5 Å². The van der Waals surface area contributed by atoms with E-state index in [0.717, 1.165) is 66.4 Å². The number of H-pyrrole nitrogens is 1. The first kappa shape index (κ1) is 48.5. The van der Waals surface area contributed by atoms with E-state index in [0.29, 0.717) is 39.1 Å². The van der Waals surface area contributed by atoms with Crippen molar-refractivity contribution in [2.75, 3.05) is 49.2 Å². The van der Waals surface area contributed by atoms with Crippen LogP contribution in [0, 0.1) is 13.8 Å². The molecule has 68 heavy (non-hydrogen) atoms. The fourth-order valence-electron chi connectivity index (χ4n) is 8.92. The van der Waals surface area contributed by atoms with Crippen molar-refractivity contribution in [3.8, 4) is 17.2 Å². The summed E-state index contributed by atoms with van der Waals surface area (Å²) in [5.41, 5.74) is 5.53. The minimum Gasteiger partial charge on any atom is -1.00 e. The molecule has 354 valence electrons. The number of ether oxygens (including phenoxy) is 4. The first-order valence-corrected chi connectivity index (χ1v) is 23.2. The van der Waals surface area contributed by atoms with Crippen LogP contribution in [0.3, 0.4) is 0 Å². The quantitative estimate of drug-likeness (QED) is 0.0804. The second-order valence-corrected chi connectivity index (χ2v) is 18.2. The molecule has 2 aliphatic heterocycles. The highest BCUT2D eigenvalue weighted by atomic mass is 79.9. The number of anilines is 2. The van der Waals surface area contributed by atoms with Gasteiger partial charge in [0.25, 0.3) is 6.33 Å². The molecule has 0 bridgehead atoms. The first-order valence-electron chi connectivity index (χ1n) is 22.5. The maximum absolute atomic E-state index is 13.1. The predicted molar refractivity (Wildman–Crippen MR) is 257 cm³/mol. The summed E-state index contributed by atoms with van der Waals surface area (Å²) in [4.78, 5) is 30.8. The molecule has 4 heterocycles. The predicted octanol–water partition coefficient (Wildman–Crippen LogP) is 5.45. The van der Waals surface area contributed by atoms with Gasteiger partial charge >= 0.3 is 11.7 Å². The van der Waals surface area contributed by atoms with Crippen LogP contribution < -0.4 is 46.5 Å². The standard InChI is InChI=1S/C51H52Cl2N8O6.BrH/c1-5-37(4)61-49(63)60(34-56-61)43-14-12-41(13-15-43)58-21-23-59(24-22-58)42-16-18-44(19-17-42)64-30-50(28-38-25-35(2)47(36(3)26-38)66-48(62)39-9-7-6-8-10-39)31-65-51(67-50,29-57-32-54-55-33-57)45-20-11-40(52)27-46(45)53;/h6-20,25-27,32-34,37H,5,21-24,28-31H2,1-4H3;1H. The summed E-state index contributed by atoms with van der Waals surface area (Å²) in [7, 11) is 0. The van der Waals surface area contributed by atoms with E-state index >= 15 is 0 Å². The van der Waals surface area contributed by atoms with Gasteiger partial charge in [-0.25, -0.2) is 23.4 Å². The van der Waals surface area contributed by atoms with E-state index in [4.69, 9.17) is 42.1 Å². The molecule has 9 rings (SSSR count). The Kier molecular flexibility index (Phi) is 14.8. The van der Waals surface area contributed by atoms with Crippen molar-refractivity contribution in [1.82, 2.24) is 24.5 Å². The van der Waals surface area contributed by atoms with Crippen LogP contribution in [0.15, 0.2) is 133 Å². The highest BCUT2D eigenvalue weighted by molar-refractivity contribution is 6.35. The SMILES string of the molecule is CCC(C)n1ncn(-c2ccc(N3CCN(c4ccc(OCC5(Cc6cc(C)c(OC(=O)c7ccccc7)c(C)c6)COC(C[n+]6cn[nH]c6)(c6ccc(Cl)cc6Cl)O5)cc4)CC3)cc2)c1=O.[Br-]. The van der Waals surface area contributed by atoms with Crippen LogP contribution in [0.5, 0.6) is 11.5 Å². The number of aryl methyl sites for hydroxylation is 2. The minimum absolute atomic E-state index is 0. The number of carbonyl (C=O) groups is 1. The van der Waals surface area contributed by atoms with Crippen molar-refractivity contribution < 1.29 is 45.3 Å². The van der Waals surface area contributed by atoms with Crippen LogP contribution in [0.25, 0.3) is 5.69 Å². The van der Waals surface area contributed by atoms with Crippen LogP contribution in [0.2, 0.25) is 10.0 Å². The number of aromatic nitrogens is 6. The summed E-state index contributed by atoms with van der Waals surface area (Å²) < 4.78 is 31.6. The third kappa shape index (κ3) is 10.4. The molecule has 14 nitrogen and oxygen atoms in total. The molecule has 2 saturated heterocycles. The Morgan fingerprint density at radius 2 is 1.53 bits per heavy atom. The lowest BCUT2D eigenvalue weighted by Crippen LogP contribution is -3.00. The molecule has 0 amide bonds. The second kappa shape index (κ2) is 20.7. The zero-order chi connectivity index (χ0) is 46.7. The van der Waals surface area contributed by atoms with E-state index in [1.807, 2.05) is 92.9 Å². The summed E-state index contributed by atoms with van der Waals surface area (Å²) in [6.45, 7) is 11.8. The zero-order valence-electron chi connectivity index (χ0n) is 38.3. The van der Waals surface area contributed by atoms with Gasteiger partial charge in [0.15, 0.2) is 0 Å². The highest BCUT2D eigenvalue weighted by Crippen LogP contribution is 2.45. The molecule has 0 saturated carbocycles. The maximum Gasteiger partial charge on any atom is 0.350 e. The van der Waals surface area contributed by atoms with Gasteiger partial charge in [0.1, 0.15) is 36.6 Å². The monoisotopic (exact) mass is 1020 g/mol. The van der Waals surface area contributed by atoms with E-state index < -0.39 is 17.4 Å². The third-order valence-electron chi connectivity index (χ3n) is 12.6. The van der Waals surface area contributed by atoms with Gasteiger partial charge in [0.05, 0.1) is 28.9 Å². The normalized spacial score (nSPS) is 18.6. The van der Waals surface area contributed by atoms with Crippen LogP contribution in [0.4, 0.5) is 11.4 Å². The van der Waals surface area contributed by atoms with E-state index in [9.17, 15) is 9.59 Å². The Morgan fingerprint density at radius 3 is 2.15 bits per heavy atom. The average molecular weight is 1020 g/mol. The van der Waals surface area contributed by atoms with Gasteiger partial charge in [-0.05, 0) is 117 Å². The number of nitrogens with one attached hydrogen (secondary N) is 1. The van der Waals surface area contributed by atoms with Gasteiger partial charge in [0.2, 0.25) is 12.1 Å². The van der Waals surface area contributed by atoms with Crippen LogP contribution >= 0.6 is 23.2 Å². The number of halogens is 3. The van der Waals surface area contributed by atoms with Crippen LogP contribution in [-0.4, -0.2) is 75.5 Å². The number of aromatic amines is 1. The Hall–Kier alpha value is -5.97. The molecular weight excluding hydrogens is 971 g/mol. The molecule has 7 aromatic rings. The lowest BCUT2D eigenvalue weighted by Gasteiger charge is -2.37. The van der Waals surface area contributed by atoms with Crippen molar-refractivity contribution in [2.24, 2.45) is 0 Å². The summed E-state index contributed by atoms with van der Waals surface area (Å²) in [5.74, 6) is -0.557. The fourth-order valence-corrected chi connectivity index (χ4v) is 9.47. The van der Waals surface area contributed by atoms with Gasteiger partial charge in [-0.15, -0.1) is 5.10 Å². The molecular formula is C51H53BrCl2N8O6. The largest absolute Gasteiger partial charge is 1.00 e. The molecule has 0 radical (unpaired) electrons. The Bertz CT molecular complexity index is 2870. The molecule has 1 N–H and O–H groups in total. The fraction of sp³-hybridized carbons (Fsp3) is 0.314. The number of piperazine rings is 1. The van der Waals surface area contributed by atoms with Crippen molar-refractivity contribution in [3.05, 3.63) is 177 Å². The summed E-state index contributed by atoms with van der Waals surface area (Å²) in [6, 6.07) is 34.6. The Balaban J connectivity index is 0.00000625. The highest BCUT2D eigenvalue weighted by Gasteiger charge is 2.54. The average Bonchev–Trinajstić information content (AvgIpc) is 4.09. The van der Waals surface area contributed by atoms with E-state index in [1.165, 1.54) is 4.68 Å². The molecule has 3 unspecified atom stereocenters. The van der Waals surface area contributed by atoms with Crippen LogP contribution in [0.1, 0.15) is 58.9 Å². The molecule has 0 aliphatic carbocycles.